The number of halogens is 1. The van der Waals surface area contributed by atoms with Gasteiger partial charge in [0.05, 0.1) is 38.6 Å². The number of ether oxygens (including phenoxy) is 5. The number of alkyl halides is 1. The number of aliphatic hydroxyl groups is 1. The highest BCUT2D eigenvalue weighted by molar-refractivity contribution is 9.09. The fraction of sp³-hybridized carbons (Fsp3) is 0.710. The predicted octanol–water partition coefficient (Wildman–Crippen LogP) is 6.74. The Labute approximate surface area is 256 Å². The lowest BCUT2D eigenvalue weighted by molar-refractivity contribution is -0.0632. The van der Waals surface area contributed by atoms with Gasteiger partial charge in [-0.1, -0.05) is 68.8 Å². The summed E-state index contributed by atoms with van der Waals surface area (Å²) >= 11 is 3.24. The monoisotopic (exact) mass is 658 g/mol. The lowest BCUT2D eigenvalue weighted by Gasteiger charge is -2.44. The first kappa shape index (κ1) is 35.8. The number of carbonyl (C=O) groups excluding carboxylic acids is 1. The molecule has 8 nitrogen and oxygen atoms in total. The number of hydrogen-bond acceptors (Lipinski definition) is 8. The van der Waals surface area contributed by atoms with E-state index in [2.05, 4.69) is 63.3 Å². The van der Waals surface area contributed by atoms with Crippen LogP contribution in [0.4, 0.5) is 4.79 Å². The van der Waals surface area contributed by atoms with Gasteiger partial charge in [0.2, 0.25) is 0 Å². The second-order valence-electron chi connectivity index (χ2n) is 12.7. The third kappa shape index (κ3) is 9.79. The SMILES string of the molecule is C=C[C@@H](C)[C@@H](O)[C@H](COC(=O)OCCBr)[C@H](O[Si](C)(C)C(C)(C)C)[C@]1(C)O[C@@H]1[C@@H](C)COCc1ccc(OC)cc1. The van der Waals surface area contributed by atoms with Crippen molar-refractivity contribution >= 4 is 30.4 Å². The highest BCUT2D eigenvalue weighted by Crippen LogP contribution is 2.51. The Hall–Kier alpha value is -1.43. The van der Waals surface area contributed by atoms with Gasteiger partial charge in [-0.05, 0) is 42.8 Å². The second kappa shape index (κ2) is 15.3. The molecule has 0 spiro atoms. The van der Waals surface area contributed by atoms with E-state index in [1.54, 1.807) is 13.2 Å². The molecule has 1 aromatic rings. The number of benzene rings is 1. The first-order chi connectivity index (χ1) is 19.1. The third-order valence-corrected chi connectivity index (χ3v) is 13.2. The molecule has 0 saturated carbocycles. The molecule has 41 heavy (non-hydrogen) atoms. The third-order valence-electron chi connectivity index (χ3n) is 8.44. The predicted molar refractivity (Wildman–Crippen MR) is 167 cm³/mol. The summed E-state index contributed by atoms with van der Waals surface area (Å²) in [6.45, 7) is 21.8. The summed E-state index contributed by atoms with van der Waals surface area (Å²) in [6, 6.07) is 7.80. The molecule has 1 saturated heterocycles. The van der Waals surface area contributed by atoms with E-state index >= 15 is 0 Å². The second-order valence-corrected chi connectivity index (χ2v) is 18.3. The maximum Gasteiger partial charge on any atom is 0.508 e. The number of methoxy groups -OCH3 is 1. The first-order valence-corrected chi connectivity index (χ1v) is 18.4. The minimum Gasteiger partial charge on any atom is -0.497 e. The summed E-state index contributed by atoms with van der Waals surface area (Å²) in [5.41, 5.74) is 0.343. The largest absolute Gasteiger partial charge is 0.508 e. The molecule has 10 heteroatoms. The van der Waals surface area contributed by atoms with Crippen molar-refractivity contribution in [1.29, 1.82) is 0 Å². The maximum atomic E-state index is 12.3. The molecular formula is C31H51BrO8Si. The zero-order chi connectivity index (χ0) is 31.0. The van der Waals surface area contributed by atoms with E-state index in [0.29, 0.717) is 18.5 Å². The molecule has 7 atom stereocenters. The van der Waals surface area contributed by atoms with Crippen LogP contribution in [-0.2, 0) is 30.0 Å². The number of epoxide rings is 1. The molecule has 1 aliphatic heterocycles. The van der Waals surface area contributed by atoms with E-state index in [1.165, 1.54) is 0 Å². The van der Waals surface area contributed by atoms with Gasteiger partial charge in [-0.3, -0.25) is 0 Å². The molecule has 2 rings (SSSR count). The van der Waals surface area contributed by atoms with Gasteiger partial charge in [0.25, 0.3) is 0 Å². The van der Waals surface area contributed by atoms with Crippen LogP contribution in [0.1, 0.15) is 47.1 Å². The molecule has 0 bridgehead atoms. The molecule has 0 aliphatic carbocycles. The highest BCUT2D eigenvalue weighted by Gasteiger charge is 2.64. The number of rotatable bonds is 17. The average Bonchev–Trinajstić information content (AvgIpc) is 3.62. The van der Waals surface area contributed by atoms with Gasteiger partial charge in [-0.2, -0.15) is 0 Å². The molecule has 1 aromatic carbocycles. The van der Waals surface area contributed by atoms with Crippen LogP contribution in [0.3, 0.4) is 0 Å². The zero-order valence-electron chi connectivity index (χ0n) is 26.3. The van der Waals surface area contributed by atoms with Crippen molar-refractivity contribution in [2.45, 2.75) is 90.2 Å². The molecule has 1 fully saturated rings. The minimum absolute atomic E-state index is 0.0585. The standard InChI is InChI=1S/C31H51BrO8Si/c1-11-21(2)26(33)25(20-38-29(34)37-17-16-32)28(40-41(9,10)30(4,5)6)31(7)27(39-31)22(3)18-36-19-23-12-14-24(35-8)15-13-23/h11-15,21-22,25-28,33H,1,16-20H2,2-10H3/t21-,22+,25+,26-,27-,28+,31-/m1/s1. The Kier molecular flexibility index (Phi) is 13.4. The molecule has 0 unspecified atom stereocenters. The van der Waals surface area contributed by atoms with Gasteiger partial charge in [0.1, 0.15) is 24.6 Å². The van der Waals surface area contributed by atoms with Crippen molar-refractivity contribution in [1.82, 2.24) is 0 Å². The Morgan fingerprint density at radius 3 is 2.37 bits per heavy atom. The van der Waals surface area contributed by atoms with Crippen molar-refractivity contribution in [3.8, 4) is 5.75 Å². The van der Waals surface area contributed by atoms with E-state index in [4.69, 9.17) is 28.1 Å². The molecular weight excluding hydrogens is 608 g/mol. The van der Waals surface area contributed by atoms with Crippen molar-refractivity contribution in [2.75, 3.05) is 32.3 Å². The molecule has 0 amide bonds. The van der Waals surface area contributed by atoms with Gasteiger partial charge < -0.3 is 33.2 Å². The quantitative estimate of drug-likeness (QED) is 0.0646. The summed E-state index contributed by atoms with van der Waals surface area (Å²) in [5.74, 6) is 0.0258. The molecule has 0 radical (unpaired) electrons. The smallest absolute Gasteiger partial charge is 0.497 e. The summed E-state index contributed by atoms with van der Waals surface area (Å²) < 4.78 is 35.4. The van der Waals surface area contributed by atoms with E-state index < -0.39 is 38.2 Å². The van der Waals surface area contributed by atoms with E-state index in [1.807, 2.05) is 38.1 Å². The summed E-state index contributed by atoms with van der Waals surface area (Å²) in [5, 5.41) is 11.9. The molecule has 234 valence electrons. The van der Waals surface area contributed by atoms with Crippen LogP contribution >= 0.6 is 15.9 Å². The Morgan fingerprint density at radius 1 is 1.20 bits per heavy atom. The number of hydrogen-bond donors (Lipinski definition) is 1. The van der Waals surface area contributed by atoms with E-state index in [9.17, 15) is 9.90 Å². The van der Waals surface area contributed by atoms with Gasteiger partial charge in [0, 0.05) is 23.1 Å². The Morgan fingerprint density at radius 2 is 1.83 bits per heavy atom. The van der Waals surface area contributed by atoms with Crippen molar-refractivity contribution < 1.29 is 38.0 Å². The maximum absolute atomic E-state index is 12.3. The molecule has 1 N–H and O–H groups in total. The van der Waals surface area contributed by atoms with Crippen LogP contribution in [0.2, 0.25) is 18.1 Å². The average molecular weight is 660 g/mol. The van der Waals surface area contributed by atoms with E-state index in [-0.39, 0.29) is 36.2 Å². The minimum atomic E-state index is -2.35. The van der Waals surface area contributed by atoms with Gasteiger partial charge >= 0.3 is 6.16 Å². The van der Waals surface area contributed by atoms with Crippen molar-refractivity contribution in [3.05, 3.63) is 42.5 Å². The number of aliphatic hydroxyl groups excluding tert-OH is 1. The van der Waals surface area contributed by atoms with Crippen LogP contribution in [0.15, 0.2) is 36.9 Å². The van der Waals surface area contributed by atoms with Crippen molar-refractivity contribution in [3.63, 3.8) is 0 Å². The van der Waals surface area contributed by atoms with Gasteiger partial charge in [-0.15, -0.1) is 6.58 Å². The van der Waals surface area contributed by atoms with Crippen LogP contribution < -0.4 is 4.74 Å². The lowest BCUT2D eigenvalue weighted by Crippen LogP contribution is -2.55. The normalized spacial score (nSPS) is 22.7. The van der Waals surface area contributed by atoms with Crippen LogP contribution in [-0.4, -0.2) is 75.8 Å². The summed E-state index contributed by atoms with van der Waals surface area (Å²) in [6.07, 6.45) is -0.666. The summed E-state index contributed by atoms with van der Waals surface area (Å²) in [4.78, 5) is 12.3. The summed E-state index contributed by atoms with van der Waals surface area (Å²) in [7, 11) is -0.702. The fourth-order valence-electron chi connectivity index (χ4n) is 4.67. The van der Waals surface area contributed by atoms with Gasteiger partial charge in [-0.25, -0.2) is 4.79 Å². The van der Waals surface area contributed by atoms with Crippen LogP contribution in [0, 0.1) is 17.8 Å². The zero-order valence-corrected chi connectivity index (χ0v) is 28.9. The molecule has 0 aromatic heterocycles. The Bertz CT molecular complexity index is 966. The Balaban J connectivity index is 2.27. The fourth-order valence-corrected chi connectivity index (χ4v) is 6.23. The van der Waals surface area contributed by atoms with Crippen molar-refractivity contribution in [2.24, 2.45) is 17.8 Å². The molecule has 1 aliphatic rings. The van der Waals surface area contributed by atoms with E-state index in [0.717, 1.165) is 11.3 Å². The lowest BCUT2D eigenvalue weighted by atomic mass is 9.80. The molecule has 1 heterocycles. The van der Waals surface area contributed by atoms with Crippen LogP contribution in [0.5, 0.6) is 5.75 Å². The highest BCUT2D eigenvalue weighted by atomic mass is 79.9. The van der Waals surface area contributed by atoms with Crippen LogP contribution in [0.25, 0.3) is 0 Å². The first-order valence-electron chi connectivity index (χ1n) is 14.3. The van der Waals surface area contributed by atoms with Gasteiger partial charge in [0.15, 0.2) is 8.32 Å². The number of carbonyl (C=O) groups is 1. The topological polar surface area (TPSA) is 96.0 Å².